The van der Waals surface area contributed by atoms with Crippen LogP contribution in [0, 0.1) is 0 Å². The third-order valence-corrected chi connectivity index (χ3v) is 10.3. The van der Waals surface area contributed by atoms with Gasteiger partial charge in [0.1, 0.15) is 122 Å². The quantitative estimate of drug-likeness (QED) is 0.0819. The topological polar surface area (TPSA) is 427 Å². The van der Waals surface area contributed by atoms with Gasteiger partial charge in [0.2, 0.25) is 0 Å². The van der Waals surface area contributed by atoms with Gasteiger partial charge in [-0.05, 0) is 0 Å². The molecule has 5 aliphatic rings. The Morgan fingerprint density at radius 2 is 0.464 bits per heavy atom. The summed E-state index contributed by atoms with van der Waals surface area (Å²) < 4.78 is 49.2. The third kappa shape index (κ3) is 9.16. The lowest BCUT2D eigenvalue weighted by molar-refractivity contribution is -0.401. The molecule has 5 rings (SSSR count). The van der Waals surface area contributed by atoms with Crippen molar-refractivity contribution < 1.29 is 129 Å². The first-order chi connectivity index (χ1) is 26.5. The van der Waals surface area contributed by atoms with Crippen molar-refractivity contribution in [2.24, 2.45) is 0 Å². The van der Waals surface area contributed by atoms with E-state index in [1.807, 2.05) is 0 Å². The van der Waals surface area contributed by atoms with E-state index in [9.17, 15) is 86.8 Å². The highest BCUT2D eigenvalue weighted by atomic mass is 16.8. The van der Waals surface area contributed by atoms with Gasteiger partial charge in [0.25, 0.3) is 0 Å². The maximum absolute atomic E-state index is 11.4. The minimum atomic E-state index is -2.17. The molecule has 0 spiro atoms. The molecule has 0 bridgehead atoms. The molecule has 26 heteroatoms. The molecule has 0 radical (unpaired) electrons. The lowest BCUT2D eigenvalue weighted by atomic mass is 9.95. The Balaban J connectivity index is 1.33. The number of rotatable bonds is 13. The largest absolute Gasteiger partial charge is 0.394 e. The van der Waals surface area contributed by atoms with Gasteiger partial charge >= 0.3 is 0 Å². The van der Waals surface area contributed by atoms with Gasteiger partial charge in [0.05, 0.1) is 33.0 Å². The molecule has 5 fully saturated rings. The zero-order chi connectivity index (χ0) is 41.3. The Labute approximate surface area is 316 Å². The SMILES string of the molecule is OC[C@H]1O[C@@H](O[C@H]2[C@@H](O)[C@@H](CO)O[C@@H](O[C@H]3[C@@H](O)[C@@H](CO)O[C@@H](O[C@H]4[C@@H](O)[C@@H](CO)O[C@H](O[C@H]5O[C@H](CO)[C@@H](O)[C@H](O)[C@H]5O)[C@@H]4O)[C@@H]3O)[C@@H]2O)[C@H](O)[C@@H](O)[C@H]1O. The molecule has 25 atom stereocenters. The van der Waals surface area contributed by atoms with Gasteiger partial charge in [-0.25, -0.2) is 0 Å². The fourth-order valence-corrected chi connectivity index (χ4v) is 6.94. The molecule has 328 valence electrons. The highest BCUT2D eigenvalue weighted by Gasteiger charge is 2.56. The Bertz CT molecular complexity index is 1200. The van der Waals surface area contributed by atoms with Crippen molar-refractivity contribution in [1.82, 2.24) is 0 Å². The second kappa shape index (κ2) is 19.6. The van der Waals surface area contributed by atoms with Gasteiger partial charge in [0.15, 0.2) is 31.5 Å². The minimum Gasteiger partial charge on any atom is -0.394 e. The highest BCUT2D eigenvalue weighted by Crippen LogP contribution is 2.35. The summed E-state index contributed by atoms with van der Waals surface area (Å²) in [6.45, 7) is -4.57. The summed E-state index contributed by atoms with van der Waals surface area (Å²) in [6.07, 6.45) is -47.0. The smallest absolute Gasteiger partial charge is 0.189 e. The van der Waals surface area contributed by atoms with Crippen molar-refractivity contribution >= 4 is 0 Å². The van der Waals surface area contributed by atoms with Crippen molar-refractivity contribution in [2.75, 3.05) is 33.0 Å². The van der Waals surface area contributed by atoms with Crippen molar-refractivity contribution in [3.05, 3.63) is 0 Å². The van der Waals surface area contributed by atoms with E-state index in [0.717, 1.165) is 0 Å². The van der Waals surface area contributed by atoms with Crippen molar-refractivity contribution in [3.63, 3.8) is 0 Å². The molecule has 0 saturated carbocycles. The maximum atomic E-state index is 11.4. The molecule has 0 aromatic rings. The van der Waals surface area contributed by atoms with Gasteiger partial charge in [-0.1, -0.05) is 0 Å². The van der Waals surface area contributed by atoms with E-state index < -0.39 is 187 Å². The van der Waals surface area contributed by atoms with E-state index >= 15 is 0 Å². The van der Waals surface area contributed by atoms with E-state index in [0.29, 0.717) is 0 Å². The predicted octanol–water partition coefficient (Wildman–Crippen LogP) is -11.9. The van der Waals surface area contributed by atoms with Crippen molar-refractivity contribution in [3.8, 4) is 0 Å². The van der Waals surface area contributed by atoms with E-state index in [4.69, 9.17) is 42.6 Å². The third-order valence-electron chi connectivity index (χ3n) is 10.3. The van der Waals surface area contributed by atoms with Gasteiger partial charge in [-0.2, -0.15) is 0 Å². The van der Waals surface area contributed by atoms with E-state index in [2.05, 4.69) is 0 Å². The van der Waals surface area contributed by atoms with Crippen LogP contribution in [0.5, 0.6) is 0 Å². The summed E-state index contributed by atoms with van der Waals surface area (Å²) in [4.78, 5) is 0. The molecule has 0 aliphatic carbocycles. The molecular formula is C30H52O26. The minimum absolute atomic E-state index is 0.837. The standard InChI is InChI=1S/C30H52O26/c31-1-6-11(36)16(41)18(43)26(48-6)53-23-13(38)8(3-33)50-28(20(23)45)54-24-14(39)9(4-34)51-29(21(24)46)55-25-15(40)10(5-35)52-30(22(25)47)56-27-19(44)17(42)12(37)7(2-32)49-27/h6-47H,1-5H2/t6-,7-,8-,9-,10-,11+,12-,13+,14+,15+,16+,17+,18-,19-,20-,21-,22-,23+,24+,25+,26+,27-,28+,29+,30-/m1/s1. The monoisotopic (exact) mass is 828 g/mol. The lowest BCUT2D eigenvalue weighted by Crippen LogP contribution is -2.68. The first-order valence-electron chi connectivity index (χ1n) is 17.6. The van der Waals surface area contributed by atoms with Crippen LogP contribution in [-0.2, 0) is 42.6 Å². The number of hydrogen-bond donors (Lipinski definition) is 17. The molecule has 56 heavy (non-hydrogen) atoms. The van der Waals surface area contributed by atoms with Crippen LogP contribution >= 0.6 is 0 Å². The molecule has 17 N–H and O–H groups in total. The number of aliphatic hydroxyl groups excluding tert-OH is 17. The van der Waals surface area contributed by atoms with Crippen LogP contribution in [0.1, 0.15) is 0 Å². The Kier molecular flexibility index (Phi) is 16.1. The summed E-state index contributed by atoms with van der Waals surface area (Å²) in [5.74, 6) is 0. The molecule has 0 aromatic carbocycles. The molecule has 5 saturated heterocycles. The summed E-state index contributed by atoms with van der Waals surface area (Å²) in [5, 5.41) is 177. The highest BCUT2D eigenvalue weighted by molar-refractivity contribution is 4.98. The molecular weight excluding hydrogens is 776 g/mol. The Morgan fingerprint density at radius 3 is 0.732 bits per heavy atom. The number of aliphatic hydroxyl groups is 17. The average Bonchev–Trinajstić information content (AvgIpc) is 3.19. The molecule has 5 aliphatic heterocycles. The fraction of sp³-hybridized carbons (Fsp3) is 1.00. The van der Waals surface area contributed by atoms with Crippen LogP contribution in [0.25, 0.3) is 0 Å². The van der Waals surface area contributed by atoms with Crippen LogP contribution in [0.3, 0.4) is 0 Å². The fourth-order valence-electron chi connectivity index (χ4n) is 6.94. The molecule has 26 nitrogen and oxygen atoms in total. The summed E-state index contributed by atoms with van der Waals surface area (Å²) in [6, 6.07) is 0. The predicted molar refractivity (Wildman–Crippen MR) is 167 cm³/mol. The maximum Gasteiger partial charge on any atom is 0.189 e. The average molecular weight is 829 g/mol. The van der Waals surface area contributed by atoms with Crippen LogP contribution in [0.2, 0.25) is 0 Å². The first kappa shape index (κ1) is 46.0. The normalized spacial score (nSPS) is 53.2. The van der Waals surface area contributed by atoms with Crippen molar-refractivity contribution in [2.45, 2.75) is 154 Å². The second-order valence-electron chi connectivity index (χ2n) is 14.0. The second-order valence-corrected chi connectivity index (χ2v) is 14.0. The van der Waals surface area contributed by atoms with Crippen molar-refractivity contribution in [1.29, 1.82) is 0 Å². The Hall–Kier alpha value is -1.04. The van der Waals surface area contributed by atoms with E-state index in [-0.39, 0.29) is 0 Å². The zero-order valence-corrected chi connectivity index (χ0v) is 29.2. The molecule has 0 amide bonds. The number of hydrogen-bond acceptors (Lipinski definition) is 26. The van der Waals surface area contributed by atoms with Crippen LogP contribution in [0.4, 0.5) is 0 Å². The van der Waals surface area contributed by atoms with Gasteiger partial charge in [0, 0.05) is 0 Å². The van der Waals surface area contributed by atoms with Gasteiger partial charge in [-0.15, -0.1) is 0 Å². The lowest BCUT2D eigenvalue weighted by Gasteiger charge is -2.49. The molecule has 0 unspecified atom stereocenters. The van der Waals surface area contributed by atoms with E-state index in [1.165, 1.54) is 0 Å². The van der Waals surface area contributed by atoms with Crippen LogP contribution in [-0.4, -0.2) is 273 Å². The summed E-state index contributed by atoms with van der Waals surface area (Å²) in [5.41, 5.74) is 0. The molecule has 0 aromatic heterocycles. The molecule has 5 heterocycles. The van der Waals surface area contributed by atoms with Crippen LogP contribution in [0.15, 0.2) is 0 Å². The van der Waals surface area contributed by atoms with Crippen LogP contribution < -0.4 is 0 Å². The van der Waals surface area contributed by atoms with E-state index in [1.54, 1.807) is 0 Å². The van der Waals surface area contributed by atoms with Gasteiger partial charge < -0.3 is 129 Å². The summed E-state index contributed by atoms with van der Waals surface area (Å²) in [7, 11) is 0. The number of ether oxygens (including phenoxy) is 9. The zero-order valence-electron chi connectivity index (χ0n) is 29.2. The first-order valence-corrected chi connectivity index (χ1v) is 17.6. The van der Waals surface area contributed by atoms with Gasteiger partial charge in [-0.3, -0.25) is 0 Å². The summed E-state index contributed by atoms with van der Waals surface area (Å²) >= 11 is 0. The Morgan fingerprint density at radius 1 is 0.250 bits per heavy atom.